The van der Waals surface area contributed by atoms with Crippen molar-refractivity contribution in [1.82, 2.24) is 15.1 Å². The molecule has 4 rings (SSSR count). The van der Waals surface area contributed by atoms with Gasteiger partial charge in [-0.1, -0.05) is 36.4 Å². The number of aryl methyl sites for hydroxylation is 2. The van der Waals surface area contributed by atoms with Crippen molar-refractivity contribution in [3.05, 3.63) is 77.0 Å². The third kappa shape index (κ3) is 5.08. The molecule has 2 amide bonds. The van der Waals surface area contributed by atoms with Gasteiger partial charge in [-0.3, -0.25) is 9.59 Å². The fourth-order valence-electron chi connectivity index (χ4n) is 4.53. The molecule has 0 saturated carbocycles. The van der Waals surface area contributed by atoms with E-state index in [1.165, 1.54) is 18.1 Å². The summed E-state index contributed by atoms with van der Waals surface area (Å²) in [5.74, 6) is 1.05. The molecule has 1 aliphatic rings. The number of anilines is 1. The van der Waals surface area contributed by atoms with E-state index in [0.717, 1.165) is 36.1 Å². The standard InChI is InChI=1S/C26H30N4O3/c1-17-16-27-30(24-10-6-8-19-7-4-5-9-22(19)24)26(17)29-25(32)15-23(28-18(2)31)20-11-13-21(33-3)14-12-20/h4-5,7,9,11-14,16,23-24H,6,8,10,15H2,1-3H3,(H,28,31)(H,29,32). The van der Waals surface area contributed by atoms with E-state index in [2.05, 4.69) is 40.0 Å². The maximum absolute atomic E-state index is 13.1. The third-order valence-corrected chi connectivity index (χ3v) is 6.15. The SMILES string of the molecule is COc1ccc(C(CC(=O)Nc2c(C)cnn2C2CCCc3ccccc32)NC(C)=O)cc1. The van der Waals surface area contributed by atoms with E-state index in [-0.39, 0.29) is 24.3 Å². The Labute approximate surface area is 194 Å². The van der Waals surface area contributed by atoms with E-state index in [4.69, 9.17) is 4.74 Å². The topological polar surface area (TPSA) is 85.2 Å². The van der Waals surface area contributed by atoms with Crippen molar-refractivity contribution in [1.29, 1.82) is 0 Å². The summed E-state index contributed by atoms with van der Waals surface area (Å²) in [6.45, 7) is 3.40. The second-order valence-electron chi connectivity index (χ2n) is 8.51. The first-order chi connectivity index (χ1) is 16.0. The zero-order valence-electron chi connectivity index (χ0n) is 19.3. The minimum absolute atomic E-state index is 0.0895. The van der Waals surface area contributed by atoms with Crippen LogP contribution in [-0.2, 0) is 16.0 Å². The molecule has 0 saturated heterocycles. The smallest absolute Gasteiger partial charge is 0.227 e. The lowest BCUT2D eigenvalue weighted by Crippen LogP contribution is -2.30. The van der Waals surface area contributed by atoms with Crippen LogP contribution in [0.3, 0.4) is 0 Å². The van der Waals surface area contributed by atoms with Crippen molar-refractivity contribution in [2.24, 2.45) is 0 Å². The van der Waals surface area contributed by atoms with Gasteiger partial charge in [-0.05, 0) is 55.0 Å². The van der Waals surface area contributed by atoms with Crippen LogP contribution in [0.15, 0.2) is 54.7 Å². The molecular formula is C26H30N4O3. The predicted molar refractivity (Wildman–Crippen MR) is 127 cm³/mol. The molecule has 7 heteroatoms. The highest BCUT2D eigenvalue weighted by atomic mass is 16.5. The number of hydrogen-bond donors (Lipinski definition) is 2. The maximum Gasteiger partial charge on any atom is 0.227 e. The number of amides is 2. The first-order valence-electron chi connectivity index (χ1n) is 11.3. The fraction of sp³-hybridized carbons (Fsp3) is 0.346. The summed E-state index contributed by atoms with van der Waals surface area (Å²) in [6, 6.07) is 15.5. The van der Waals surface area contributed by atoms with Crippen molar-refractivity contribution < 1.29 is 14.3 Å². The molecule has 1 aromatic heterocycles. The van der Waals surface area contributed by atoms with Crippen LogP contribution < -0.4 is 15.4 Å². The zero-order chi connectivity index (χ0) is 23.4. The number of carbonyl (C=O) groups is 2. The van der Waals surface area contributed by atoms with Crippen molar-refractivity contribution in [3.8, 4) is 5.75 Å². The summed E-state index contributed by atoms with van der Waals surface area (Å²) >= 11 is 0. The molecular weight excluding hydrogens is 416 g/mol. The highest BCUT2D eigenvalue weighted by molar-refractivity contribution is 5.91. The molecule has 2 N–H and O–H groups in total. The number of nitrogens with one attached hydrogen (secondary N) is 2. The van der Waals surface area contributed by atoms with Crippen LogP contribution in [0.4, 0.5) is 5.82 Å². The fourth-order valence-corrected chi connectivity index (χ4v) is 4.53. The van der Waals surface area contributed by atoms with Crippen LogP contribution in [-0.4, -0.2) is 28.7 Å². The molecule has 172 valence electrons. The Morgan fingerprint density at radius 1 is 1.18 bits per heavy atom. The van der Waals surface area contributed by atoms with Crippen molar-refractivity contribution in [3.63, 3.8) is 0 Å². The van der Waals surface area contributed by atoms with Crippen LogP contribution >= 0.6 is 0 Å². The molecule has 1 heterocycles. The lowest BCUT2D eigenvalue weighted by atomic mass is 9.88. The van der Waals surface area contributed by atoms with Gasteiger partial charge in [-0.2, -0.15) is 5.10 Å². The quantitative estimate of drug-likeness (QED) is 0.566. The third-order valence-electron chi connectivity index (χ3n) is 6.15. The van der Waals surface area contributed by atoms with Gasteiger partial charge >= 0.3 is 0 Å². The van der Waals surface area contributed by atoms with Gasteiger partial charge in [-0.25, -0.2) is 4.68 Å². The molecule has 2 aromatic carbocycles. The van der Waals surface area contributed by atoms with Crippen molar-refractivity contribution in [2.45, 2.75) is 51.6 Å². The lowest BCUT2D eigenvalue weighted by molar-refractivity contribution is -0.120. The Kier molecular flexibility index (Phi) is 6.77. The van der Waals surface area contributed by atoms with Crippen LogP contribution in [0.1, 0.15) is 60.5 Å². The highest BCUT2D eigenvalue weighted by Gasteiger charge is 2.26. The van der Waals surface area contributed by atoms with Gasteiger partial charge in [-0.15, -0.1) is 0 Å². The average Bonchev–Trinajstić information content (AvgIpc) is 3.17. The summed E-state index contributed by atoms with van der Waals surface area (Å²) in [7, 11) is 1.60. The average molecular weight is 447 g/mol. The van der Waals surface area contributed by atoms with Gasteiger partial charge in [0.1, 0.15) is 11.6 Å². The predicted octanol–water partition coefficient (Wildman–Crippen LogP) is 4.33. The number of aromatic nitrogens is 2. The second kappa shape index (κ2) is 9.90. The number of benzene rings is 2. The zero-order valence-corrected chi connectivity index (χ0v) is 19.3. The maximum atomic E-state index is 13.1. The summed E-state index contributed by atoms with van der Waals surface area (Å²) in [5.41, 5.74) is 4.35. The molecule has 2 unspecified atom stereocenters. The van der Waals surface area contributed by atoms with E-state index in [1.807, 2.05) is 35.9 Å². The van der Waals surface area contributed by atoms with E-state index in [0.29, 0.717) is 5.82 Å². The van der Waals surface area contributed by atoms with E-state index in [9.17, 15) is 9.59 Å². The number of nitrogens with zero attached hydrogens (tertiary/aromatic N) is 2. The van der Waals surface area contributed by atoms with E-state index < -0.39 is 6.04 Å². The van der Waals surface area contributed by atoms with Gasteiger partial charge in [0, 0.05) is 12.5 Å². The minimum atomic E-state index is -0.444. The highest BCUT2D eigenvalue weighted by Crippen LogP contribution is 2.35. The number of methoxy groups -OCH3 is 1. The van der Waals surface area contributed by atoms with Crippen molar-refractivity contribution in [2.75, 3.05) is 12.4 Å². The van der Waals surface area contributed by atoms with Crippen LogP contribution in [0.5, 0.6) is 5.75 Å². The molecule has 0 bridgehead atoms. The first kappa shape index (κ1) is 22.6. The van der Waals surface area contributed by atoms with Crippen LogP contribution in [0, 0.1) is 6.92 Å². The Morgan fingerprint density at radius 2 is 1.94 bits per heavy atom. The molecule has 3 aromatic rings. The van der Waals surface area contributed by atoms with Gasteiger partial charge < -0.3 is 15.4 Å². The molecule has 0 aliphatic heterocycles. The summed E-state index contributed by atoms with van der Waals surface area (Å²) in [6.07, 6.45) is 5.02. The van der Waals surface area contributed by atoms with Gasteiger partial charge in [0.05, 0.1) is 31.8 Å². The molecule has 33 heavy (non-hydrogen) atoms. The van der Waals surface area contributed by atoms with Crippen LogP contribution in [0.25, 0.3) is 0 Å². The first-order valence-corrected chi connectivity index (χ1v) is 11.3. The molecule has 2 atom stereocenters. The largest absolute Gasteiger partial charge is 0.497 e. The number of fused-ring (bicyclic) bond motifs is 1. The minimum Gasteiger partial charge on any atom is -0.497 e. The Hall–Kier alpha value is -3.61. The van der Waals surface area contributed by atoms with Gasteiger partial charge in [0.25, 0.3) is 0 Å². The lowest BCUT2D eigenvalue weighted by Gasteiger charge is -2.27. The van der Waals surface area contributed by atoms with Gasteiger partial charge in [0.2, 0.25) is 11.8 Å². The normalized spacial score (nSPS) is 15.9. The van der Waals surface area contributed by atoms with Crippen LogP contribution in [0.2, 0.25) is 0 Å². The summed E-state index contributed by atoms with van der Waals surface area (Å²) in [4.78, 5) is 24.9. The number of hydrogen-bond acceptors (Lipinski definition) is 4. The Balaban J connectivity index is 1.55. The molecule has 0 radical (unpaired) electrons. The Morgan fingerprint density at radius 3 is 2.67 bits per heavy atom. The van der Waals surface area contributed by atoms with E-state index in [1.54, 1.807) is 13.3 Å². The molecule has 0 fully saturated rings. The van der Waals surface area contributed by atoms with Gasteiger partial charge in [0.15, 0.2) is 0 Å². The monoisotopic (exact) mass is 446 g/mol. The molecule has 0 spiro atoms. The number of carbonyl (C=O) groups excluding carboxylic acids is 2. The molecule has 1 aliphatic carbocycles. The van der Waals surface area contributed by atoms with E-state index >= 15 is 0 Å². The molecule has 7 nitrogen and oxygen atoms in total. The summed E-state index contributed by atoms with van der Waals surface area (Å²) < 4.78 is 7.15. The van der Waals surface area contributed by atoms with Crippen molar-refractivity contribution >= 4 is 17.6 Å². The number of ether oxygens (including phenoxy) is 1. The summed E-state index contributed by atoms with van der Waals surface area (Å²) in [5, 5.41) is 10.6. The number of rotatable bonds is 7. The second-order valence-corrected chi connectivity index (χ2v) is 8.51. The Bertz CT molecular complexity index is 1140.